The molecular formula is C25H18FN3O6. The van der Waals surface area contributed by atoms with Crippen molar-refractivity contribution in [1.29, 1.82) is 0 Å². The van der Waals surface area contributed by atoms with Gasteiger partial charge < -0.3 is 10.4 Å². The maximum atomic E-state index is 14.9. The predicted octanol–water partition coefficient (Wildman–Crippen LogP) is 4.32. The normalized spacial score (nSPS) is 16.9. The van der Waals surface area contributed by atoms with Crippen molar-refractivity contribution in [1.82, 2.24) is 0 Å². The second kappa shape index (κ2) is 9.18. The quantitative estimate of drug-likeness (QED) is 0.186. The molecule has 3 aromatic carbocycles. The van der Waals surface area contributed by atoms with Gasteiger partial charge in [-0.15, -0.1) is 0 Å². The van der Waals surface area contributed by atoms with Crippen LogP contribution in [0.4, 0.5) is 21.5 Å². The lowest BCUT2D eigenvalue weighted by atomic mass is 9.94. The van der Waals surface area contributed by atoms with Crippen LogP contribution in [0.2, 0.25) is 0 Å². The molecule has 4 rings (SSSR count). The Morgan fingerprint density at radius 2 is 1.66 bits per heavy atom. The maximum absolute atomic E-state index is 14.9. The Bertz CT molecular complexity index is 1380. The van der Waals surface area contributed by atoms with Gasteiger partial charge in [-0.2, -0.15) is 0 Å². The number of aliphatic hydroxyl groups excluding tert-OH is 1. The molecule has 0 saturated carbocycles. The summed E-state index contributed by atoms with van der Waals surface area (Å²) in [6.45, 7) is 1.34. The molecule has 2 N–H and O–H groups in total. The average Bonchev–Trinajstić information content (AvgIpc) is 3.09. The van der Waals surface area contributed by atoms with Crippen molar-refractivity contribution < 1.29 is 28.8 Å². The van der Waals surface area contributed by atoms with Crippen molar-refractivity contribution >= 4 is 40.4 Å². The first-order valence-electron chi connectivity index (χ1n) is 10.4. The number of halogens is 1. The Balaban J connectivity index is 1.88. The summed E-state index contributed by atoms with van der Waals surface area (Å²) >= 11 is 0. The van der Waals surface area contributed by atoms with Crippen LogP contribution in [0.25, 0.3) is 5.76 Å². The van der Waals surface area contributed by atoms with E-state index in [0.29, 0.717) is 5.69 Å². The van der Waals surface area contributed by atoms with Crippen LogP contribution in [0.3, 0.4) is 0 Å². The van der Waals surface area contributed by atoms with Gasteiger partial charge in [0.15, 0.2) is 0 Å². The number of nitro benzene ring substituents is 1. The van der Waals surface area contributed by atoms with E-state index in [1.165, 1.54) is 67.6 Å². The Morgan fingerprint density at radius 3 is 2.23 bits per heavy atom. The molecule has 3 aromatic rings. The van der Waals surface area contributed by atoms with E-state index in [0.717, 1.165) is 17.0 Å². The van der Waals surface area contributed by atoms with E-state index in [1.807, 2.05) is 0 Å². The molecule has 0 aliphatic carbocycles. The van der Waals surface area contributed by atoms with E-state index in [9.17, 15) is 34.0 Å². The number of non-ortho nitro benzene ring substituents is 1. The number of Topliss-reactive ketones (excluding diaryl/α,β-unsaturated/α-hetero) is 1. The average molecular weight is 475 g/mol. The highest BCUT2D eigenvalue weighted by molar-refractivity contribution is 6.51. The minimum absolute atomic E-state index is 0.0268. The van der Waals surface area contributed by atoms with Gasteiger partial charge in [0.2, 0.25) is 5.91 Å². The van der Waals surface area contributed by atoms with Crippen LogP contribution in [0.5, 0.6) is 0 Å². The molecule has 0 bridgehead atoms. The summed E-state index contributed by atoms with van der Waals surface area (Å²) in [6, 6.07) is 15.0. The zero-order valence-corrected chi connectivity index (χ0v) is 18.3. The molecule has 1 atom stereocenters. The monoisotopic (exact) mass is 475 g/mol. The van der Waals surface area contributed by atoms with Gasteiger partial charge in [-0.1, -0.05) is 18.2 Å². The van der Waals surface area contributed by atoms with E-state index >= 15 is 0 Å². The zero-order valence-electron chi connectivity index (χ0n) is 18.3. The van der Waals surface area contributed by atoms with Crippen LogP contribution in [0, 0.1) is 15.9 Å². The van der Waals surface area contributed by atoms with E-state index in [-0.39, 0.29) is 34.0 Å². The Kier molecular flexibility index (Phi) is 6.11. The maximum Gasteiger partial charge on any atom is 0.300 e. The number of hydrogen-bond donors (Lipinski definition) is 2. The van der Waals surface area contributed by atoms with Crippen LogP contribution in [-0.2, 0) is 14.4 Å². The summed E-state index contributed by atoms with van der Waals surface area (Å²) in [5.74, 6) is -3.63. The molecule has 0 radical (unpaired) electrons. The van der Waals surface area contributed by atoms with Crippen molar-refractivity contribution in [3.05, 3.63) is 105 Å². The highest BCUT2D eigenvalue weighted by atomic mass is 19.1. The number of hydrogen-bond acceptors (Lipinski definition) is 6. The van der Waals surface area contributed by atoms with Gasteiger partial charge in [-0.05, 0) is 42.5 Å². The molecule has 176 valence electrons. The van der Waals surface area contributed by atoms with Gasteiger partial charge in [0.05, 0.1) is 16.5 Å². The molecule has 1 aliphatic heterocycles. The van der Waals surface area contributed by atoms with Crippen molar-refractivity contribution in [3.8, 4) is 0 Å². The number of aliphatic hydroxyl groups is 1. The smallest absolute Gasteiger partial charge is 0.300 e. The summed E-state index contributed by atoms with van der Waals surface area (Å²) in [5.41, 5.74) is 0.118. The molecule has 1 aliphatic rings. The SMILES string of the molecule is CC(=O)Nc1ccc(N2C(=O)C(=O)C(=C(O)c3ccc([N+](=O)[O-])cc3)C2c2ccccc2F)cc1. The van der Waals surface area contributed by atoms with Gasteiger partial charge in [0.1, 0.15) is 11.6 Å². The van der Waals surface area contributed by atoms with Crippen molar-refractivity contribution in [3.63, 3.8) is 0 Å². The number of amides is 2. The molecular weight excluding hydrogens is 457 g/mol. The number of ketones is 1. The van der Waals surface area contributed by atoms with Gasteiger partial charge in [0, 0.05) is 41.6 Å². The van der Waals surface area contributed by atoms with E-state index in [2.05, 4.69) is 5.32 Å². The number of rotatable bonds is 5. The third-order valence-corrected chi connectivity index (χ3v) is 5.46. The van der Waals surface area contributed by atoms with Crippen molar-refractivity contribution in [2.75, 3.05) is 10.2 Å². The molecule has 2 amide bonds. The van der Waals surface area contributed by atoms with Crippen molar-refractivity contribution in [2.45, 2.75) is 13.0 Å². The molecule has 1 unspecified atom stereocenters. The first-order chi connectivity index (χ1) is 16.7. The fourth-order valence-electron chi connectivity index (χ4n) is 3.90. The van der Waals surface area contributed by atoms with Crippen molar-refractivity contribution in [2.24, 2.45) is 0 Å². The zero-order chi connectivity index (χ0) is 25.3. The van der Waals surface area contributed by atoms with Gasteiger partial charge >= 0.3 is 0 Å². The lowest BCUT2D eigenvalue weighted by Gasteiger charge is -2.26. The number of nitro groups is 1. The Labute approximate surface area is 198 Å². The largest absolute Gasteiger partial charge is 0.507 e. The summed E-state index contributed by atoms with van der Waals surface area (Å²) < 4.78 is 14.9. The fourth-order valence-corrected chi connectivity index (χ4v) is 3.90. The summed E-state index contributed by atoms with van der Waals surface area (Å²) in [4.78, 5) is 48.9. The van der Waals surface area contributed by atoms with Crippen LogP contribution in [0.15, 0.2) is 78.4 Å². The number of nitrogens with zero attached hydrogens (tertiary/aromatic N) is 2. The van der Waals surface area contributed by atoms with Crippen LogP contribution >= 0.6 is 0 Å². The first kappa shape index (κ1) is 23.3. The third-order valence-electron chi connectivity index (χ3n) is 5.46. The number of nitrogens with one attached hydrogen (secondary N) is 1. The van der Waals surface area contributed by atoms with E-state index in [1.54, 1.807) is 0 Å². The third kappa shape index (κ3) is 4.36. The van der Waals surface area contributed by atoms with Gasteiger partial charge in [0.25, 0.3) is 17.4 Å². The minimum atomic E-state index is -1.31. The van der Waals surface area contributed by atoms with Crippen LogP contribution in [0.1, 0.15) is 24.1 Å². The Morgan fingerprint density at radius 1 is 1.03 bits per heavy atom. The number of anilines is 2. The molecule has 0 spiro atoms. The summed E-state index contributed by atoms with van der Waals surface area (Å²) in [7, 11) is 0. The van der Waals surface area contributed by atoms with E-state index in [4.69, 9.17) is 0 Å². The molecule has 1 fully saturated rings. The standard InChI is InChI=1S/C25H18FN3O6/c1-14(30)27-16-8-12-17(13-9-16)28-22(19-4-2-3-5-20(19)26)21(24(32)25(28)33)23(31)15-6-10-18(11-7-15)29(34)35/h2-13,22,31H,1H3,(H,27,30). The lowest BCUT2D eigenvalue weighted by Crippen LogP contribution is -2.29. The highest BCUT2D eigenvalue weighted by Crippen LogP contribution is 2.43. The fraction of sp³-hybridized carbons (Fsp3) is 0.0800. The second-order valence-corrected chi connectivity index (χ2v) is 7.72. The molecule has 1 heterocycles. The topological polar surface area (TPSA) is 130 Å². The minimum Gasteiger partial charge on any atom is -0.507 e. The summed E-state index contributed by atoms with van der Waals surface area (Å²) in [5, 5.41) is 24.5. The molecule has 0 aromatic heterocycles. The first-order valence-corrected chi connectivity index (χ1v) is 10.4. The number of carbonyl (C=O) groups is 3. The van der Waals surface area contributed by atoms with Gasteiger partial charge in [-0.3, -0.25) is 29.4 Å². The van der Waals surface area contributed by atoms with Gasteiger partial charge in [-0.25, -0.2) is 4.39 Å². The molecule has 35 heavy (non-hydrogen) atoms. The Hall–Kier alpha value is -4.86. The van der Waals surface area contributed by atoms with Crippen LogP contribution in [-0.4, -0.2) is 27.6 Å². The highest BCUT2D eigenvalue weighted by Gasteiger charge is 2.47. The lowest BCUT2D eigenvalue weighted by molar-refractivity contribution is -0.384. The molecule has 1 saturated heterocycles. The number of benzene rings is 3. The van der Waals surface area contributed by atoms with Crippen LogP contribution < -0.4 is 10.2 Å². The van der Waals surface area contributed by atoms with E-state index < -0.39 is 34.2 Å². The molecule has 9 nitrogen and oxygen atoms in total. The predicted molar refractivity (Wildman–Crippen MR) is 125 cm³/mol. The second-order valence-electron chi connectivity index (χ2n) is 7.72. The number of carbonyl (C=O) groups excluding carboxylic acids is 3. The summed E-state index contributed by atoms with van der Waals surface area (Å²) in [6.07, 6.45) is 0. The molecule has 10 heteroatoms.